The van der Waals surface area contributed by atoms with Gasteiger partial charge in [0.25, 0.3) is 0 Å². The van der Waals surface area contributed by atoms with Crippen molar-refractivity contribution in [1.29, 1.82) is 0 Å². The van der Waals surface area contributed by atoms with Gasteiger partial charge in [0.2, 0.25) is 0 Å². The SMILES string of the molecule is CCC(=O)C(C)(N)C(=O)OC. The molecule has 0 aromatic rings. The van der Waals surface area contributed by atoms with Gasteiger partial charge in [-0.05, 0) is 6.92 Å². The second-order valence-corrected chi connectivity index (χ2v) is 2.47. The van der Waals surface area contributed by atoms with Crippen LogP contribution in [-0.2, 0) is 14.3 Å². The number of carbonyl (C=O) groups is 2. The molecule has 0 heterocycles. The van der Waals surface area contributed by atoms with Gasteiger partial charge in [-0.15, -0.1) is 0 Å². The normalized spacial score (nSPS) is 15.3. The molecular weight excluding hydrogens is 146 g/mol. The third-order valence-corrected chi connectivity index (χ3v) is 1.51. The molecule has 0 saturated carbocycles. The Kier molecular flexibility index (Phi) is 3.19. The molecule has 0 amide bonds. The Bertz CT molecular complexity index is 157. The second-order valence-electron chi connectivity index (χ2n) is 2.47. The first kappa shape index (κ1) is 10.1. The Labute approximate surface area is 65.7 Å². The number of ketones is 1. The number of rotatable bonds is 3. The van der Waals surface area contributed by atoms with Gasteiger partial charge in [-0.1, -0.05) is 6.92 Å². The molecule has 1 unspecified atom stereocenters. The highest BCUT2D eigenvalue weighted by atomic mass is 16.5. The first-order valence-corrected chi connectivity index (χ1v) is 3.37. The number of carbonyl (C=O) groups excluding carboxylic acids is 2. The number of methoxy groups -OCH3 is 1. The highest BCUT2D eigenvalue weighted by molar-refractivity contribution is 6.07. The van der Waals surface area contributed by atoms with Crippen molar-refractivity contribution in [3.05, 3.63) is 0 Å². The van der Waals surface area contributed by atoms with Crippen molar-refractivity contribution in [2.45, 2.75) is 25.8 Å². The topological polar surface area (TPSA) is 69.4 Å². The number of esters is 1. The van der Waals surface area contributed by atoms with Crippen molar-refractivity contribution in [3.8, 4) is 0 Å². The molecule has 4 heteroatoms. The summed E-state index contributed by atoms with van der Waals surface area (Å²) in [6, 6.07) is 0. The van der Waals surface area contributed by atoms with Gasteiger partial charge in [-0.3, -0.25) is 4.79 Å². The van der Waals surface area contributed by atoms with Crippen molar-refractivity contribution in [2.75, 3.05) is 7.11 Å². The summed E-state index contributed by atoms with van der Waals surface area (Å²) in [4.78, 5) is 21.9. The van der Waals surface area contributed by atoms with E-state index >= 15 is 0 Å². The molecular formula is C7H13NO3. The van der Waals surface area contributed by atoms with Gasteiger partial charge >= 0.3 is 5.97 Å². The molecule has 11 heavy (non-hydrogen) atoms. The van der Waals surface area contributed by atoms with Gasteiger partial charge in [0.15, 0.2) is 11.3 Å². The molecule has 64 valence electrons. The Hall–Kier alpha value is -0.900. The number of ether oxygens (including phenoxy) is 1. The molecule has 0 aliphatic rings. The minimum absolute atomic E-state index is 0.238. The first-order chi connectivity index (χ1) is 4.96. The minimum Gasteiger partial charge on any atom is -0.467 e. The molecule has 0 saturated heterocycles. The molecule has 0 aliphatic heterocycles. The highest BCUT2D eigenvalue weighted by Crippen LogP contribution is 2.05. The summed E-state index contributed by atoms with van der Waals surface area (Å²) < 4.78 is 4.35. The van der Waals surface area contributed by atoms with Crippen LogP contribution in [0, 0.1) is 0 Å². The van der Waals surface area contributed by atoms with E-state index in [1.807, 2.05) is 0 Å². The van der Waals surface area contributed by atoms with Gasteiger partial charge in [-0.25, -0.2) is 4.79 Å². The van der Waals surface area contributed by atoms with E-state index in [1.165, 1.54) is 14.0 Å². The van der Waals surface area contributed by atoms with E-state index in [9.17, 15) is 9.59 Å². The van der Waals surface area contributed by atoms with Gasteiger partial charge in [0, 0.05) is 6.42 Å². The molecule has 0 fully saturated rings. The van der Waals surface area contributed by atoms with E-state index in [1.54, 1.807) is 6.92 Å². The van der Waals surface area contributed by atoms with Crippen LogP contribution in [0.5, 0.6) is 0 Å². The largest absolute Gasteiger partial charge is 0.467 e. The fourth-order valence-electron chi connectivity index (χ4n) is 0.693. The van der Waals surface area contributed by atoms with E-state index < -0.39 is 11.5 Å². The summed E-state index contributed by atoms with van der Waals surface area (Å²) in [7, 11) is 1.20. The highest BCUT2D eigenvalue weighted by Gasteiger charge is 2.36. The standard InChI is InChI=1S/C7H13NO3/c1-4-5(9)7(2,8)6(10)11-3/h4,8H2,1-3H3. The van der Waals surface area contributed by atoms with Crippen LogP contribution < -0.4 is 5.73 Å². The number of Topliss-reactive ketones (excluding diaryl/α,β-unsaturated/α-hetero) is 1. The Morgan fingerprint density at radius 1 is 1.55 bits per heavy atom. The van der Waals surface area contributed by atoms with E-state index in [2.05, 4.69) is 4.74 Å². The summed E-state index contributed by atoms with van der Waals surface area (Å²) in [5.41, 5.74) is 3.92. The quantitative estimate of drug-likeness (QED) is 0.459. The Balaban J connectivity index is 4.44. The molecule has 0 spiro atoms. The third kappa shape index (κ3) is 2.01. The van der Waals surface area contributed by atoms with Crippen LogP contribution >= 0.6 is 0 Å². The van der Waals surface area contributed by atoms with Crippen molar-refractivity contribution in [2.24, 2.45) is 5.73 Å². The molecule has 0 bridgehead atoms. The average molecular weight is 159 g/mol. The predicted octanol–water partition coefficient (Wildman–Crippen LogP) is -0.144. The van der Waals surface area contributed by atoms with Crippen LogP contribution in [0.25, 0.3) is 0 Å². The number of hydrogen-bond donors (Lipinski definition) is 1. The Morgan fingerprint density at radius 2 is 2.00 bits per heavy atom. The van der Waals surface area contributed by atoms with Crippen LogP contribution in [0.2, 0.25) is 0 Å². The lowest BCUT2D eigenvalue weighted by Crippen LogP contribution is -2.52. The lowest BCUT2D eigenvalue weighted by molar-refractivity contribution is -0.150. The van der Waals surface area contributed by atoms with Gasteiger partial charge in [0.1, 0.15) is 0 Å². The minimum atomic E-state index is -1.48. The maximum atomic E-state index is 11.0. The first-order valence-electron chi connectivity index (χ1n) is 3.37. The van der Waals surface area contributed by atoms with Crippen LogP contribution in [0.4, 0.5) is 0 Å². The van der Waals surface area contributed by atoms with E-state index in [0.717, 1.165) is 0 Å². The molecule has 2 N–H and O–H groups in total. The van der Waals surface area contributed by atoms with Gasteiger partial charge in [0.05, 0.1) is 7.11 Å². The summed E-state index contributed by atoms with van der Waals surface area (Å²) in [5, 5.41) is 0. The fraction of sp³-hybridized carbons (Fsp3) is 0.714. The molecule has 0 aliphatic carbocycles. The molecule has 4 nitrogen and oxygen atoms in total. The second kappa shape index (κ2) is 3.48. The molecule has 0 rings (SSSR count). The van der Waals surface area contributed by atoms with Gasteiger partial charge < -0.3 is 10.5 Å². The summed E-state index contributed by atoms with van der Waals surface area (Å²) in [6.07, 6.45) is 0.238. The molecule has 0 radical (unpaired) electrons. The lowest BCUT2D eigenvalue weighted by atomic mass is 9.96. The monoisotopic (exact) mass is 159 g/mol. The van der Waals surface area contributed by atoms with Gasteiger partial charge in [-0.2, -0.15) is 0 Å². The average Bonchev–Trinajstić information content (AvgIpc) is 2.01. The number of hydrogen-bond acceptors (Lipinski definition) is 4. The predicted molar refractivity (Wildman–Crippen MR) is 39.9 cm³/mol. The van der Waals surface area contributed by atoms with Crippen molar-refractivity contribution in [3.63, 3.8) is 0 Å². The maximum absolute atomic E-state index is 11.0. The van der Waals surface area contributed by atoms with Crippen LogP contribution in [0.3, 0.4) is 0 Å². The third-order valence-electron chi connectivity index (χ3n) is 1.51. The molecule has 1 atom stereocenters. The van der Waals surface area contributed by atoms with Crippen LogP contribution in [0.15, 0.2) is 0 Å². The van der Waals surface area contributed by atoms with E-state index in [4.69, 9.17) is 5.73 Å². The van der Waals surface area contributed by atoms with Crippen molar-refractivity contribution >= 4 is 11.8 Å². The summed E-state index contributed by atoms with van der Waals surface area (Å²) >= 11 is 0. The summed E-state index contributed by atoms with van der Waals surface area (Å²) in [5.74, 6) is -1.01. The number of nitrogens with two attached hydrogens (primary N) is 1. The fourth-order valence-corrected chi connectivity index (χ4v) is 0.693. The Morgan fingerprint density at radius 3 is 2.27 bits per heavy atom. The van der Waals surface area contributed by atoms with Crippen molar-refractivity contribution < 1.29 is 14.3 Å². The zero-order valence-corrected chi connectivity index (χ0v) is 7.01. The molecule has 0 aromatic carbocycles. The van der Waals surface area contributed by atoms with Crippen molar-refractivity contribution in [1.82, 2.24) is 0 Å². The van der Waals surface area contributed by atoms with Crippen LogP contribution in [-0.4, -0.2) is 24.4 Å². The molecule has 0 aromatic heterocycles. The van der Waals surface area contributed by atoms with E-state index in [0.29, 0.717) is 0 Å². The zero-order valence-electron chi connectivity index (χ0n) is 7.01. The van der Waals surface area contributed by atoms with E-state index in [-0.39, 0.29) is 12.2 Å². The van der Waals surface area contributed by atoms with Crippen LogP contribution in [0.1, 0.15) is 20.3 Å². The lowest BCUT2D eigenvalue weighted by Gasteiger charge is -2.18. The zero-order chi connectivity index (χ0) is 9.07. The smallest absolute Gasteiger partial charge is 0.333 e. The summed E-state index contributed by atoms with van der Waals surface area (Å²) in [6.45, 7) is 3.00. The maximum Gasteiger partial charge on any atom is 0.333 e.